The van der Waals surface area contributed by atoms with Crippen LogP contribution in [0, 0.1) is 0 Å². The zero-order valence-corrected chi connectivity index (χ0v) is 13.1. The highest BCUT2D eigenvalue weighted by molar-refractivity contribution is 7.99. The van der Waals surface area contributed by atoms with Crippen molar-refractivity contribution in [2.75, 3.05) is 24.7 Å². The number of carbonyl (C=O) groups excluding carboxylic acids is 2. The van der Waals surface area contributed by atoms with Crippen molar-refractivity contribution in [3.05, 3.63) is 30.1 Å². The van der Waals surface area contributed by atoms with Crippen molar-refractivity contribution in [1.82, 2.24) is 20.5 Å². The highest BCUT2D eigenvalue weighted by Crippen LogP contribution is 2.15. The highest BCUT2D eigenvalue weighted by atomic mass is 32.2. The molecule has 7 heteroatoms. The highest BCUT2D eigenvalue weighted by Gasteiger charge is 2.28. The first-order valence-electron chi connectivity index (χ1n) is 7.55. The number of amides is 2. The number of pyridine rings is 1. The summed E-state index contributed by atoms with van der Waals surface area (Å²) in [4.78, 5) is 30.2. The number of rotatable bonds is 3. The second kappa shape index (κ2) is 7.11. The van der Waals surface area contributed by atoms with Gasteiger partial charge in [0.05, 0.1) is 6.04 Å². The van der Waals surface area contributed by atoms with Crippen LogP contribution in [-0.2, 0) is 4.79 Å². The van der Waals surface area contributed by atoms with Crippen molar-refractivity contribution in [2.24, 2.45) is 0 Å². The number of hydrogen-bond donors (Lipinski definition) is 2. The van der Waals surface area contributed by atoms with Crippen LogP contribution in [0.3, 0.4) is 0 Å². The predicted molar refractivity (Wildman–Crippen MR) is 85.6 cm³/mol. The molecule has 3 heterocycles. The molecule has 2 fully saturated rings. The van der Waals surface area contributed by atoms with Gasteiger partial charge in [0.15, 0.2) is 0 Å². The third-order valence-corrected chi connectivity index (χ3v) is 5.03. The van der Waals surface area contributed by atoms with Crippen molar-refractivity contribution in [1.29, 1.82) is 0 Å². The quantitative estimate of drug-likeness (QED) is 0.847. The Labute approximate surface area is 134 Å². The molecule has 1 atom stereocenters. The minimum Gasteiger partial charge on any atom is -0.352 e. The van der Waals surface area contributed by atoms with E-state index in [4.69, 9.17) is 0 Å². The standard InChI is InChI=1S/C15H20N4O2S/c20-14(13-9-22-10-17-13)18-12-3-7-19(8-4-12)15(21)11-1-5-16-6-2-11/h1-2,5-6,12-13,17H,3-4,7-10H2,(H,18,20). The van der Waals surface area contributed by atoms with E-state index in [2.05, 4.69) is 15.6 Å². The smallest absolute Gasteiger partial charge is 0.253 e. The van der Waals surface area contributed by atoms with Crippen LogP contribution in [0.4, 0.5) is 0 Å². The van der Waals surface area contributed by atoms with Crippen molar-refractivity contribution in [3.8, 4) is 0 Å². The number of carbonyl (C=O) groups is 2. The summed E-state index contributed by atoms with van der Waals surface area (Å²) in [5.74, 6) is 1.81. The second-order valence-electron chi connectivity index (χ2n) is 5.58. The molecule has 3 rings (SSSR count). The van der Waals surface area contributed by atoms with Crippen LogP contribution in [-0.4, -0.2) is 58.5 Å². The average Bonchev–Trinajstić information content (AvgIpc) is 3.10. The SMILES string of the molecule is O=C(NC1CCN(C(=O)c2ccncc2)CC1)C1CSCN1. The van der Waals surface area contributed by atoms with E-state index >= 15 is 0 Å². The van der Waals surface area contributed by atoms with E-state index in [1.54, 1.807) is 36.3 Å². The molecule has 2 saturated heterocycles. The molecular formula is C15H20N4O2S. The van der Waals surface area contributed by atoms with Crippen LogP contribution in [0.15, 0.2) is 24.5 Å². The molecule has 0 aliphatic carbocycles. The fourth-order valence-corrected chi connectivity index (χ4v) is 3.71. The fourth-order valence-electron chi connectivity index (χ4n) is 2.77. The zero-order valence-electron chi connectivity index (χ0n) is 12.3. The number of aromatic nitrogens is 1. The van der Waals surface area contributed by atoms with Gasteiger partial charge in [0, 0.05) is 48.7 Å². The van der Waals surface area contributed by atoms with E-state index in [9.17, 15) is 9.59 Å². The van der Waals surface area contributed by atoms with Crippen LogP contribution >= 0.6 is 11.8 Å². The average molecular weight is 320 g/mol. The van der Waals surface area contributed by atoms with Crippen molar-refractivity contribution in [3.63, 3.8) is 0 Å². The molecule has 0 aromatic carbocycles. The molecule has 2 amide bonds. The summed E-state index contributed by atoms with van der Waals surface area (Å²) in [6.07, 6.45) is 4.88. The maximum absolute atomic E-state index is 12.3. The Hall–Kier alpha value is -1.60. The molecule has 2 aliphatic rings. The van der Waals surface area contributed by atoms with Gasteiger partial charge in [0.25, 0.3) is 5.91 Å². The van der Waals surface area contributed by atoms with Crippen LogP contribution in [0.5, 0.6) is 0 Å². The Morgan fingerprint density at radius 1 is 1.27 bits per heavy atom. The van der Waals surface area contributed by atoms with E-state index in [-0.39, 0.29) is 23.9 Å². The largest absolute Gasteiger partial charge is 0.352 e. The van der Waals surface area contributed by atoms with E-state index in [1.165, 1.54) is 0 Å². The molecule has 0 bridgehead atoms. The van der Waals surface area contributed by atoms with Gasteiger partial charge in [-0.15, -0.1) is 11.8 Å². The van der Waals surface area contributed by atoms with Gasteiger partial charge in [-0.2, -0.15) is 0 Å². The minimum absolute atomic E-state index is 0.0426. The Morgan fingerprint density at radius 2 is 2.00 bits per heavy atom. The molecule has 1 unspecified atom stereocenters. The third-order valence-electron chi connectivity index (χ3n) is 4.09. The van der Waals surface area contributed by atoms with Crippen LogP contribution in [0.2, 0.25) is 0 Å². The van der Waals surface area contributed by atoms with Crippen molar-refractivity contribution in [2.45, 2.75) is 24.9 Å². The molecule has 1 aromatic heterocycles. The zero-order chi connectivity index (χ0) is 15.4. The Balaban J connectivity index is 1.48. The lowest BCUT2D eigenvalue weighted by Gasteiger charge is -2.33. The van der Waals surface area contributed by atoms with E-state index in [1.807, 2.05) is 4.90 Å². The van der Waals surface area contributed by atoms with E-state index in [0.717, 1.165) is 24.5 Å². The molecule has 2 aliphatic heterocycles. The van der Waals surface area contributed by atoms with E-state index < -0.39 is 0 Å². The van der Waals surface area contributed by atoms with Gasteiger partial charge < -0.3 is 10.2 Å². The maximum atomic E-state index is 12.3. The molecule has 1 aromatic rings. The first kappa shape index (κ1) is 15.3. The third kappa shape index (κ3) is 3.59. The van der Waals surface area contributed by atoms with Crippen molar-refractivity contribution < 1.29 is 9.59 Å². The van der Waals surface area contributed by atoms with Gasteiger partial charge in [-0.05, 0) is 25.0 Å². The molecular weight excluding hydrogens is 300 g/mol. The molecule has 6 nitrogen and oxygen atoms in total. The number of piperidine rings is 1. The lowest BCUT2D eigenvalue weighted by molar-refractivity contribution is -0.123. The predicted octanol–water partition coefficient (Wildman–Crippen LogP) is 0.465. The first-order valence-corrected chi connectivity index (χ1v) is 8.70. The lowest BCUT2D eigenvalue weighted by atomic mass is 10.0. The first-order chi connectivity index (χ1) is 10.7. The summed E-state index contributed by atoms with van der Waals surface area (Å²) < 4.78 is 0. The molecule has 22 heavy (non-hydrogen) atoms. The van der Waals surface area contributed by atoms with Gasteiger partial charge >= 0.3 is 0 Å². The minimum atomic E-state index is -0.0681. The van der Waals surface area contributed by atoms with Gasteiger partial charge in [0.1, 0.15) is 0 Å². The van der Waals surface area contributed by atoms with Gasteiger partial charge in [-0.25, -0.2) is 0 Å². The van der Waals surface area contributed by atoms with E-state index in [0.29, 0.717) is 18.7 Å². The molecule has 2 N–H and O–H groups in total. The maximum Gasteiger partial charge on any atom is 0.253 e. The Morgan fingerprint density at radius 3 is 2.64 bits per heavy atom. The summed E-state index contributed by atoms with van der Waals surface area (Å²) in [5.41, 5.74) is 0.671. The molecule has 0 spiro atoms. The van der Waals surface area contributed by atoms with Crippen LogP contribution < -0.4 is 10.6 Å². The monoisotopic (exact) mass is 320 g/mol. The number of thioether (sulfide) groups is 1. The number of hydrogen-bond acceptors (Lipinski definition) is 5. The van der Waals surface area contributed by atoms with Crippen LogP contribution in [0.25, 0.3) is 0 Å². The summed E-state index contributed by atoms with van der Waals surface area (Å²) in [5, 5.41) is 6.27. The Bertz CT molecular complexity index is 526. The number of nitrogens with one attached hydrogen (secondary N) is 2. The topological polar surface area (TPSA) is 74.3 Å². The molecule has 118 valence electrons. The second-order valence-corrected chi connectivity index (χ2v) is 6.61. The van der Waals surface area contributed by atoms with Crippen molar-refractivity contribution >= 4 is 23.6 Å². The lowest BCUT2D eigenvalue weighted by Crippen LogP contribution is -2.51. The number of likely N-dealkylation sites (tertiary alicyclic amines) is 1. The number of nitrogens with zero attached hydrogens (tertiary/aromatic N) is 2. The van der Waals surface area contributed by atoms with Gasteiger partial charge in [-0.1, -0.05) is 0 Å². The van der Waals surface area contributed by atoms with Gasteiger partial charge in [-0.3, -0.25) is 19.9 Å². The fraction of sp³-hybridized carbons (Fsp3) is 0.533. The molecule has 0 saturated carbocycles. The Kier molecular flexibility index (Phi) is 4.94. The summed E-state index contributed by atoms with van der Waals surface area (Å²) in [6, 6.07) is 3.57. The summed E-state index contributed by atoms with van der Waals surface area (Å²) in [7, 11) is 0. The summed E-state index contributed by atoms with van der Waals surface area (Å²) in [6.45, 7) is 1.36. The normalized spacial score (nSPS) is 22.5. The van der Waals surface area contributed by atoms with Gasteiger partial charge in [0.2, 0.25) is 5.91 Å². The van der Waals surface area contributed by atoms with Crippen LogP contribution in [0.1, 0.15) is 23.2 Å². The summed E-state index contributed by atoms with van der Waals surface area (Å²) >= 11 is 1.74. The molecule has 0 radical (unpaired) electrons.